The van der Waals surface area contributed by atoms with E-state index in [1.807, 2.05) is 36.4 Å². The molecule has 29 heavy (non-hydrogen) atoms. The van der Waals surface area contributed by atoms with E-state index in [1.54, 1.807) is 49.0 Å². The van der Waals surface area contributed by atoms with Crippen LogP contribution >= 0.6 is 11.3 Å². The van der Waals surface area contributed by atoms with E-state index in [9.17, 15) is 4.79 Å². The zero-order valence-corrected chi connectivity index (χ0v) is 16.3. The van der Waals surface area contributed by atoms with E-state index in [0.717, 1.165) is 16.3 Å². The number of ether oxygens (including phenoxy) is 2. The van der Waals surface area contributed by atoms with Crippen LogP contribution in [0.1, 0.15) is 10.5 Å². The lowest BCUT2D eigenvalue weighted by atomic mass is 10.3. The summed E-state index contributed by atoms with van der Waals surface area (Å²) in [5, 5.41) is 5.29. The summed E-state index contributed by atoms with van der Waals surface area (Å²) in [6, 6.07) is 20.3. The van der Waals surface area contributed by atoms with Crippen LogP contribution in [0.5, 0.6) is 17.4 Å². The third-order valence-corrected chi connectivity index (χ3v) is 4.91. The van der Waals surface area contributed by atoms with Crippen molar-refractivity contribution in [2.45, 2.75) is 0 Å². The van der Waals surface area contributed by atoms with E-state index >= 15 is 0 Å². The monoisotopic (exact) mass is 403 g/mol. The van der Waals surface area contributed by atoms with Crippen molar-refractivity contribution in [1.82, 2.24) is 9.97 Å². The van der Waals surface area contributed by atoms with Gasteiger partial charge in [-0.1, -0.05) is 18.2 Å². The minimum Gasteiger partial charge on any atom is -0.481 e. The summed E-state index contributed by atoms with van der Waals surface area (Å²) in [6.07, 6.45) is 1.67. The number of hydrogen-bond donors (Lipinski definition) is 1. The normalized spacial score (nSPS) is 10.4. The molecular formula is C22H17N3O3S. The second-order valence-electron chi connectivity index (χ2n) is 6.02. The third kappa shape index (κ3) is 4.59. The molecule has 4 aromatic rings. The van der Waals surface area contributed by atoms with Gasteiger partial charge in [0.1, 0.15) is 22.2 Å². The fourth-order valence-electron chi connectivity index (χ4n) is 2.56. The van der Waals surface area contributed by atoms with E-state index in [0.29, 0.717) is 23.0 Å². The second-order valence-corrected chi connectivity index (χ2v) is 6.88. The molecular weight excluding hydrogens is 386 g/mol. The predicted molar refractivity (Wildman–Crippen MR) is 113 cm³/mol. The Morgan fingerprint density at radius 1 is 0.966 bits per heavy atom. The SMILES string of the molecule is COc1ccc(-c2nc(C(=O)Nc3ccc(Oc4ccccc4)cc3)cs2)cn1. The standard InChI is InChI=1S/C22H17N3O3S/c1-27-20-12-7-15(13-23-20)22-25-19(14-29-22)21(26)24-16-8-10-18(11-9-16)28-17-5-3-2-4-6-17/h2-14H,1H3,(H,24,26). The molecule has 0 aliphatic heterocycles. The van der Waals surface area contributed by atoms with Crippen LogP contribution in [0.25, 0.3) is 10.6 Å². The van der Waals surface area contributed by atoms with Gasteiger partial charge in [0.05, 0.1) is 7.11 Å². The minimum atomic E-state index is -0.273. The van der Waals surface area contributed by atoms with Gasteiger partial charge < -0.3 is 14.8 Å². The third-order valence-electron chi connectivity index (χ3n) is 4.02. The van der Waals surface area contributed by atoms with Crippen molar-refractivity contribution in [3.05, 3.63) is 84.0 Å². The Morgan fingerprint density at radius 2 is 1.72 bits per heavy atom. The summed E-state index contributed by atoms with van der Waals surface area (Å²) < 4.78 is 10.8. The summed E-state index contributed by atoms with van der Waals surface area (Å²) in [4.78, 5) is 21.1. The second kappa shape index (κ2) is 8.53. The van der Waals surface area contributed by atoms with Crippen molar-refractivity contribution >= 4 is 22.9 Å². The summed E-state index contributed by atoms with van der Waals surface area (Å²) in [5.74, 6) is 1.71. The van der Waals surface area contributed by atoms with Crippen LogP contribution in [0.4, 0.5) is 5.69 Å². The first kappa shape index (κ1) is 18.6. The molecule has 0 saturated heterocycles. The molecule has 2 heterocycles. The topological polar surface area (TPSA) is 73.3 Å². The van der Waals surface area contributed by atoms with Gasteiger partial charge in [0.15, 0.2) is 0 Å². The summed E-state index contributed by atoms with van der Waals surface area (Å²) in [5.41, 5.74) is 1.85. The van der Waals surface area contributed by atoms with Gasteiger partial charge in [-0.15, -0.1) is 11.3 Å². The lowest BCUT2D eigenvalue weighted by molar-refractivity contribution is 0.102. The summed E-state index contributed by atoms with van der Waals surface area (Å²) >= 11 is 1.39. The van der Waals surface area contributed by atoms with Gasteiger partial charge in [-0.05, 0) is 42.5 Å². The molecule has 1 amide bonds. The van der Waals surface area contributed by atoms with Crippen LogP contribution < -0.4 is 14.8 Å². The molecule has 6 nitrogen and oxygen atoms in total. The zero-order chi connectivity index (χ0) is 20.1. The minimum absolute atomic E-state index is 0.273. The summed E-state index contributed by atoms with van der Waals surface area (Å²) in [6.45, 7) is 0. The van der Waals surface area contributed by atoms with Crippen molar-refractivity contribution in [2.75, 3.05) is 12.4 Å². The number of methoxy groups -OCH3 is 1. The Bertz CT molecular complexity index is 1090. The Hall–Kier alpha value is -3.71. The number of nitrogens with zero attached hydrogens (tertiary/aromatic N) is 2. The quantitative estimate of drug-likeness (QED) is 0.475. The average Bonchev–Trinajstić information content (AvgIpc) is 3.26. The molecule has 0 radical (unpaired) electrons. The van der Waals surface area contributed by atoms with Crippen LogP contribution in [0.2, 0.25) is 0 Å². The van der Waals surface area contributed by atoms with Gasteiger partial charge in [-0.2, -0.15) is 0 Å². The number of nitrogens with one attached hydrogen (secondary N) is 1. The Labute approximate surface area is 171 Å². The number of rotatable bonds is 6. The van der Waals surface area contributed by atoms with Crippen molar-refractivity contribution in [3.8, 4) is 28.0 Å². The number of carbonyl (C=O) groups is 1. The Morgan fingerprint density at radius 3 is 2.41 bits per heavy atom. The van der Waals surface area contributed by atoms with Crippen molar-refractivity contribution in [1.29, 1.82) is 0 Å². The van der Waals surface area contributed by atoms with Gasteiger partial charge in [0.2, 0.25) is 5.88 Å². The van der Waals surface area contributed by atoms with E-state index in [4.69, 9.17) is 9.47 Å². The average molecular weight is 403 g/mol. The molecule has 2 aromatic carbocycles. The van der Waals surface area contributed by atoms with Gasteiger partial charge in [0, 0.05) is 28.9 Å². The molecule has 2 aromatic heterocycles. The van der Waals surface area contributed by atoms with Gasteiger partial charge in [0.25, 0.3) is 5.91 Å². The fourth-order valence-corrected chi connectivity index (χ4v) is 3.36. The highest BCUT2D eigenvalue weighted by Crippen LogP contribution is 2.26. The molecule has 0 bridgehead atoms. The lowest BCUT2D eigenvalue weighted by Gasteiger charge is -2.07. The highest BCUT2D eigenvalue weighted by atomic mass is 32.1. The van der Waals surface area contributed by atoms with E-state index in [-0.39, 0.29) is 5.91 Å². The fraction of sp³-hybridized carbons (Fsp3) is 0.0455. The molecule has 0 aliphatic rings. The summed E-state index contributed by atoms with van der Waals surface area (Å²) in [7, 11) is 1.56. The van der Waals surface area contributed by atoms with Crippen molar-refractivity contribution in [2.24, 2.45) is 0 Å². The molecule has 0 aliphatic carbocycles. The molecule has 0 unspecified atom stereocenters. The molecule has 0 atom stereocenters. The van der Waals surface area contributed by atoms with Crippen LogP contribution in [-0.4, -0.2) is 23.0 Å². The largest absolute Gasteiger partial charge is 0.481 e. The smallest absolute Gasteiger partial charge is 0.275 e. The number of para-hydroxylation sites is 1. The van der Waals surface area contributed by atoms with Crippen LogP contribution in [0.15, 0.2) is 78.3 Å². The molecule has 0 saturated carbocycles. The maximum atomic E-state index is 12.5. The van der Waals surface area contributed by atoms with Crippen molar-refractivity contribution < 1.29 is 14.3 Å². The van der Waals surface area contributed by atoms with Gasteiger partial charge in [-0.25, -0.2) is 9.97 Å². The maximum absolute atomic E-state index is 12.5. The van der Waals surface area contributed by atoms with Crippen LogP contribution in [0, 0.1) is 0 Å². The number of benzene rings is 2. The highest BCUT2D eigenvalue weighted by Gasteiger charge is 2.13. The van der Waals surface area contributed by atoms with Gasteiger partial charge >= 0.3 is 0 Å². The number of thiazole rings is 1. The van der Waals surface area contributed by atoms with Crippen LogP contribution in [-0.2, 0) is 0 Å². The first-order chi connectivity index (χ1) is 14.2. The zero-order valence-electron chi connectivity index (χ0n) is 15.5. The van der Waals surface area contributed by atoms with Crippen molar-refractivity contribution in [3.63, 3.8) is 0 Å². The molecule has 4 rings (SSSR count). The molecule has 7 heteroatoms. The number of hydrogen-bond acceptors (Lipinski definition) is 6. The Kier molecular flexibility index (Phi) is 5.49. The van der Waals surface area contributed by atoms with Gasteiger partial charge in [-0.3, -0.25) is 4.79 Å². The van der Waals surface area contributed by atoms with E-state index in [2.05, 4.69) is 15.3 Å². The number of carbonyl (C=O) groups excluding carboxylic acids is 1. The number of anilines is 1. The van der Waals surface area contributed by atoms with E-state index in [1.165, 1.54) is 11.3 Å². The molecule has 0 spiro atoms. The first-order valence-electron chi connectivity index (χ1n) is 8.81. The number of pyridine rings is 1. The number of amides is 1. The van der Waals surface area contributed by atoms with Crippen LogP contribution in [0.3, 0.4) is 0 Å². The maximum Gasteiger partial charge on any atom is 0.275 e. The molecule has 1 N–H and O–H groups in total. The predicted octanol–water partition coefficient (Wildman–Crippen LogP) is 5.26. The first-order valence-corrected chi connectivity index (χ1v) is 9.69. The number of aromatic nitrogens is 2. The molecule has 0 fully saturated rings. The Balaban J connectivity index is 1.41. The van der Waals surface area contributed by atoms with E-state index < -0.39 is 0 Å². The lowest BCUT2D eigenvalue weighted by Crippen LogP contribution is -2.12. The molecule has 144 valence electrons. The highest BCUT2D eigenvalue weighted by molar-refractivity contribution is 7.13.